The highest BCUT2D eigenvalue weighted by atomic mass is 16.1. The Balaban J connectivity index is 1.63. The SMILES string of the molecule is [C-]#[N+]c1ccc(-n2c(C)c(C(=O)CN3CCC(CN(C)C)CC3)c3ncc(C)cc32)cc1. The van der Waals surface area contributed by atoms with Gasteiger partial charge in [0, 0.05) is 24.1 Å². The van der Waals surface area contributed by atoms with Crippen molar-refractivity contribution in [3.8, 4) is 5.69 Å². The maximum atomic E-state index is 13.5. The van der Waals surface area contributed by atoms with Crippen molar-refractivity contribution in [2.75, 3.05) is 40.3 Å². The van der Waals surface area contributed by atoms with Gasteiger partial charge in [0.2, 0.25) is 0 Å². The van der Waals surface area contributed by atoms with Gasteiger partial charge in [0.25, 0.3) is 0 Å². The third kappa shape index (κ3) is 4.45. The van der Waals surface area contributed by atoms with Crippen molar-refractivity contribution in [1.29, 1.82) is 0 Å². The molecule has 0 N–H and O–H groups in total. The van der Waals surface area contributed by atoms with Crippen LogP contribution in [0.3, 0.4) is 0 Å². The average Bonchev–Trinajstić information content (AvgIpc) is 3.05. The van der Waals surface area contributed by atoms with Gasteiger partial charge in [0.15, 0.2) is 11.5 Å². The molecule has 1 saturated heterocycles. The van der Waals surface area contributed by atoms with Crippen LogP contribution >= 0.6 is 0 Å². The highest BCUT2D eigenvalue weighted by Crippen LogP contribution is 2.30. The number of aryl methyl sites for hydroxylation is 1. The van der Waals surface area contributed by atoms with E-state index in [9.17, 15) is 4.79 Å². The first-order chi connectivity index (χ1) is 15.4. The van der Waals surface area contributed by atoms with Crippen molar-refractivity contribution in [3.63, 3.8) is 0 Å². The second-order valence-corrected chi connectivity index (χ2v) is 9.21. The molecule has 1 fully saturated rings. The molecule has 1 aliphatic heterocycles. The zero-order valence-corrected chi connectivity index (χ0v) is 19.4. The van der Waals surface area contributed by atoms with Crippen molar-refractivity contribution in [1.82, 2.24) is 19.4 Å². The molecule has 6 heteroatoms. The van der Waals surface area contributed by atoms with Crippen LogP contribution in [0.15, 0.2) is 36.5 Å². The fourth-order valence-electron chi connectivity index (χ4n) is 4.85. The maximum absolute atomic E-state index is 13.5. The molecule has 2 aromatic heterocycles. The highest BCUT2D eigenvalue weighted by Gasteiger charge is 2.26. The van der Waals surface area contributed by atoms with Crippen LogP contribution in [-0.2, 0) is 0 Å². The number of rotatable bonds is 6. The minimum Gasteiger partial charge on any atom is -0.312 e. The minimum absolute atomic E-state index is 0.131. The predicted octanol–water partition coefficient (Wildman–Crippen LogP) is 4.65. The number of ketones is 1. The van der Waals surface area contributed by atoms with Gasteiger partial charge in [-0.1, -0.05) is 12.1 Å². The molecule has 32 heavy (non-hydrogen) atoms. The number of likely N-dealkylation sites (tertiary alicyclic amines) is 1. The van der Waals surface area contributed by atoms with E-state index in [1.165, 1.54) is 0 Å². The second-order valence-electron chi connectivity index (χ2n) is 9.21. The first-order valence-electron chi connectivity index (χ1n) is 11.2. The van der Waals surface area contributed by atoms with E-state index in [0.717, 1.165) is 60.5 Å². The molecular formula is C26H31N5O. The minimum atomic E-state index is 0.131. The van der Waals surface area contributed by atoms with Gasteiger partial charge in [-0.15, -0.1) is 0 Å². The summed E-state index contributed by atoms with van der Waals surface area (Å²) in [5, 5.41) is 0. The van der Waals surface area contributed by atoms with Crippen LogP contribution in [0.5, 0.6) is 0 Å². The molecule has 1 aromatic carbocycles. The normalized spacial score (nSPS) is 15.4. The van der Waals surface area contributed by atoms with Crippen LogP contribution in [0, 0.1) is 26.3 Å². The molecule has 166 valence electrons. The topological polar surface area (TPSA) is 45.7 Å². The monoisotopic (exact) mass is 429 g/mol. The van der Waals surface area contributed by atoms with Gasteiger partial charge in [-0.05, 0) is 83.6 Å². The van der Waals surface area contributed by atoms with E-state index in [2.05, 4.69) is 44.4 Å². The molecule has 6 nitrogen and oxygen atoms in total. The number of hydrogen-bond donors (Lipinski definition) is 0. The Morgan fingerprint density at radius 1 is 1.19 bits per heavy atom. The average molecular weight is 430 g/mol. The van der Waals surface area contributed by atoms with E-state index in [4.69, 9.17) is 6.57 Å². The van der Waals surface area contributed by atoms with Crippen LogP contribution in [0.1, 0.15) is 34.5 Å². The lowest BCUT2D eigenvalue weighted by molar-refractivity contribution is 0.0886. The van der Waals surface area contributed by atoms with Gasteiger partial charge >= 0.3 is 0 Å². The summed E-state index contributed by atoms with van der Waals surface area (Å²) in [7, 11) is 4.25. The van der Waals surface area contributed by atoms with Crippen LogP contribution in [0.2, 0.25) is 0 Å². The summed E-state index contributed by atoms with van der Waals surface area (Å²) in [4.78, 5) is 26.2. The summed E-state index contributed by atoms with van der Waals surface area (Å²) in [5.74, 6) is 0.842. The third-order valence-electron chi connectivity index (χ3n) is 6.39. The number of carbonyl (C=O) groups is 1. The number of hydrogen-bond acceptors (Lipinski definition) is 4. The fourth-order valence-corrected chi connectivity index (χ4v) is 4.85. The summed E-state index contributed by atoms with van der Waals surface area (Å²) >= 11 is 0. The number of aromatic nitrogens is 2. The van der Waals surface area contributed by atoms with Gasteiger partial charge < -0.3 is 9.47 Å². The number of Topliss-reactive ketones (excluding diaryl/α,β-unsaturated/α-hetero) is 1. The summed E-state index contributed by atoms with van der Waals surface area (Å²) in [5.41, 5.74) is 5.91. The molecule has 3 heterocycles. The molecule has 3 aromatic rings. The lowest BCUT2D eigenvalue weighted by Crippen LogP contribution is -2.39. The van der Waals surface area contributed by atoms with Crippen LogP contribution < -0.4 is 0 Å². The molecule has 0 spiro atoms. The number of pyridine rings is 1. The van der Waals surface area contributed by atoms with E-state index < -0.39 is 0 Å². The van der Waals surface area contributed by atoms with Gasteiger partial charge in [0.05, 0.1) is 29.7 Å². The summed E-state index contributed by atoms with van der Waals surface area (Å²) < 4.78 is 2.10. The van der Waals surface area contributed by atoms with Crippen molar-refractivity contribution in [2.45, 2.75) is 26.7 Å². The van der Waals surface area contributed by atoms with E-state index >= 15 is 0 Å². The molecule has 4 rings (SSSR count). The van der Waals surface area contributed by atoms with Gasteiger partial charge in [-0.25, -0.2) is 4.85 Å². The summed E-state index contributed by atoms with van der Waals surface area (Å²) in [6, 6.07) is 9.59. The first kappa shape index (κ1) is 22.2. The van der Waals surface area contributed by atoms with Gasteiger partial charge in [-0.3, -0.25) is 14.7 Å². The highest BCUT2D eigenvalue weighted by molar-refractivity contribution is 6.09. The molecule has 0 saturated carbocycles. The Bertz CT molecular complexity index is 1160. The Kier molecular flexibility index (Phi) is 6.40. The largest absolute Gasteiger partial charge is 0.312 e. The molecule has 0 aliphatic carbocycles. The Hall–Kier alpha value is -3.01. The first-order valence-corrected chi connectivity index (χ1v) is 11.2. The Labute approximate surface area is 190 Å². The number of nitrogens with zero attached hydrogens (tertiary/aromatic N) is 5. The van der Waals surface area contributed by atoms with Crippen LogP contribution in [0.25, 0.3) is 21.6 Å². The number of benzene rings is 1. The molecule has 0 atom stereocenters. The molecule has 0 bridgehead atoms. The van der Waals surface area contributed by atoms with Gasteiger partial charge in [0.1, 0.15) is 0 Å². The lowest BCUT2D eigenvalue weighted by atomic mass is 9.96. The molecule has 1 aliphatic rings. The molecule has 0 amide bonds. The molecule has 0 radical (unpaired) electrons. The number of carbonyl (C=O) groups excluding carboxylic acids is 1. The van der Waals surface area contributed by atoms with Crippen molar-refractivity contribution in [2.24, 2.45) is 5.92 Å². The zero-order valence-electron chi connectivity index (χ0n) is 19.4. The van der Waals surface area contributed by atoms with E-state index in [-0.39, 0.29) is 5.78 Å². The molecular weight excluding hydrogens is 398 g/mol. The van der Waals surface area contributed by atoms with E-state index in [0.29, 0.717) is 23.7 Å². The fraction of sp³-hybridized carbons (Fsp3) is 0.423. The second kappa shape index (κ2) is 9.23. The quantitative estimate of drug-likeness (QED) is 0.423. The summed E-state index contributed by atoms with van der Waals surface area (Å²) in [6.45, 7) is 14.7. The Morgan fingerprint density at radius 3 is 2.50 bits per heavy atom. The zero-order chi connectivity index (χ0) is 22.8. The Morgan fingerprint density at radius 2 is 1.88 bits per heavy atom. The summed E-state index contributed by atoms with van der Waals surface area (Å²) in [6.07, 6.45) is 4.10. The number of fused-ring (bicyclic) bond motifs is 1. The van der Waals surface area contributed by atoms with Crippen molar-refractivity contribution >= 4 is 22.5 Å². The standard InChI is InChI=1S/C26H31N5O/c1-18-14-23-26(28-15-18)25(19(2)31(23)22-8-6-21(27-3)7-9-22)24(32)17-30-12-10-20(11-13-30)16-29(4)5/h6-9,14-15,20H,10-13,16-17H2,1-2,4-5H3. The smallest absolute Gasteiger partial charge is 0.187 e. The van der Waals surface area contributed by atoms with Crippen molar-refractivity contribution in [3.05, 3.63) is 64.8 Å². The van der Waals surface area contributed by atoms with E-state index in [1.807, 2.05) is 44.3 Å². The predicted molar refractivity (Wildman–Crippen MR) is 129 cm³/mol. The maximum Gasteiger partial charge on any atom is 0.187 e. The number of piperidine rings is 1. The molecule has 0 unspecified atom stereocenters. The van der Waals surface area contributed by atoms with Gasteiger partial charge in [-0.2, -0.15) is 0 Å². The lowest BCUT2D eigenvalue weighted by Gasteiger charge is -2.32. The van der Waals surface area contributed by atoms with Crippen LogP contribution in [-0.4, -0.2) is 65.4 Å². The van der Waals surface area contributed by atoms with Crippen LogP contribution in [0.4, 0.5) is 5.69 Å². The third-order valence-corrected chi connectivity index (χ3v) is 6.39. The van der Waals surface area contributed by atoms with Crippen molar-refractivity contribution < 1.29 is 4.79 Å². The van der Waals surface area contributed by atoms with E-state index in [1.54, 1.807) is 0 Å².